The second kappa shape index (κ2) is 5.47. The minimum Gasteiger partial charge on any atom is -0.349 e. The lowest BCUT2D eigenvalue weighted by Crippen LogP contribution is -2.40. The smallest absolute Gasteiger partial charge is 0.263 e. The minimum atomic E-state index is 0.0787. The first-order valence-corrected chi connectivity index (χ1v) is 8.67. The Hall–Kier alpha value is -0.900. The number of thiazole rings is 1. The van der Waals surface area contributed by atoms with Crippen LogP contribution in [0.25, 0.3) is 0 Å². The molecule has 1 N–H and O–H groups in total. The lowest BCUT2D eigenvalue weighted by Gasteiger charge is -2.28. The predicted molar refractivity (Wildman–Crippen MR) is 82.1 cm³/mol. The van der Waals surface area contributed by atoms with Gasteiger partial charge < -0.3 is 5.32 Å². The quantitative estimate of drug-likeness (QED) is 0.922. The van der Waals surface area contributed by atoms with Gasteiger partial charge in [0.05, 0.1) is 10.7 Å². The zero-order chi connectivity index (χ0) is 14.3. The highest BCUT2D eigenvalue weighted by atomic mass is 32.1. The monoisotopic (exact) mass is 292 g/mol. The van der Waals surface area contributed by atoms with Crippen LogP contribution in [0.4, 0.5) is 0 Å². The fourth-order valence-electron chi connectivity index (χ4n) is 4.10. The summed E-state index contributed by atoms with van der Waals surface area (Å²) in [6.45, 7) is 6.20. The molecule has 110 valence electrons. The Morgan fingerprint density at radius 3 is 2.80 bits per heavy atom. The van der Waals surface area contributed by atoms with Crippen molar-refractivity contribution in [2.24, 2.45) is 17.8 Å². The first-order chi connectivity index (χ1) is 9.58. The first-order valence-electron chi connectivity index (χ1n) is 7.85. The van der Waals surface area contributed by atoms with E-state index in [-0.39, 0.29) is 5.91 Å². The van der Waals surface area contributed by atoms with Crippen molar-refractivity contribution in [1.29, 1.82) is 0 Å². The Labute approximate surface area is 125 Å². The Balaban J connectivity index is 1.64. The summed E-state index contributed by atoms with van der Waals surface area (Å²) in [4.78, 5) is 17.7. The van der Waals surface area contributed by atoms with Crippen molar-refractivity contribution in [1.82, 2.24) is 10.3 Å². The Morgan fingerprint density at radius 2 is 2.25 bits per heavy atom. The maximum Gasteiger partial charge on any atom is 0.263 e. The molecule has 0 radical (unpaired) electrons. The molecule has 1 aromatic heterocycles. The maximum atomic E-state index is 12.4. The molecule has 2 aliphatic carbocycles. The van der Waals surface area contributed by atoms with E-state index < -0.39 is 0 Å². The number of fused-ring (bicyclic) bond motifs is 2. The van der Waals surface area contributed by atoms with Gasteiger partial charge in [-0.15, -0.1) is 11.3 Å². The molecular weight excluding hydrogens is 268 g/mol. The molecule has 2 bridgehead atoms. The average Bonchev–Trinajstić information content (AvgIpc) is 3.12. The minimum absolute atomic E-state index is 0.0787. The zero-order valence-electron chi connectivity index (χ0n) is 12.6. The zero-order valence-corrected chi connectivity index (χ0v) is 13.4. The number of amides is 1. The van der Waals surface area contributed by atoms with Gasteiger partial charge in [-0.1, -0.05) is 13.3 Å². The van der Waals surface area contributed by atoms with Gasteiger partial charge in [0.1, 0.15) is 4.88 Å². The molecule has 3 rings (SSSR count). The van der Waals surface area contributed by atoms with E-state index in [9.17, 15) is 4.79 Å². The summed E-state index contributed by atoms with van der Waals surface area (Å²) in [7, 11) is 0. The van der Waals surface area contributed by atoms with E-state index in [1.165, 1.54) is 25.7 Å². The van der Waals surface area contributed by atoms with Gasteiger partial charge in [0, 0.05) is 6.04 Å². The average molecular weight is 292 g/mol. The van der Waals surface area contributed by atoms with Gasteiger partial charge in [-0.05, 0) is 57.3 Å². The van der Waals surface area contributed by atoms with Crippen molar-refractivity contribution in [3.8, 4) is 0 Å². The summed E-state index contributed by atoms with van der Waals surface area (Å²) in [6, 6.07) is 0.296. The number of carbonyl (C=O) groups excluding carboxylic acids is 1. The maximum absolute atomic E-state index is 12.4. The largest absolute Gasteiger partial charge is 0.349 e. The van der Waals surface area contributed by atoms with E-state index in [1.807, 2.05) is 6.92 Å². The molecule has 1 heterocycles. The molecule has 0 aliphatic heterocycles. The lowest BCUT2D eigenvalue weighted by molar-refractivity contribution is 0.0918. The number of aryl methyl sites for hydroxylation is 2. The summed E-state index contributed by atoms with van der Waals surface area (Å²) in [5, 5.41) is 4.29. The highest BCUT2D eigenvalue weighted by molar-refractivity contribution is 7.13. The van der Waals surface area contributed by atoms with Crippen molar-refractivity contribution >= 4 is 17.2 Å². The second-order valence-electron chi connectivity index (χ2n) is 6.48. The van der Waals surface area contributed by atoms with Gasteiger partial charge in [0.25, 0.3) is 5.91 Å². The fraction of sp³-hybridized carbons (Fsp3) is 0.750. The third-order valence-electron chi connectivity index (χ3n) is 5.14. The van der Waals surface area contributed by atoms with Crippen molar-refractivity contribution in [2.75, 3.05) is 0 Å². The second-order valence-corrected chi connectivity index (χ2v) is 7.56. The van der Waals surface area contributed by atoms with Crippen molar-refractivity contribution in [3.05, 3.63) is 15.6 Å². The van der Waals surface area contributed by atoms with E-state index in [0.717, 1.165) is 33.8 Å². The Morgan fingerprint density at radius 1 is 1.45 bits per heavy atom. The summed E-state index contributed by atoms with van der Waals surface area (Å²) in [5.41, 5.74) is 0.879. The molecule has 1 aromatic rings. The fourth-order valence-corrected chi connectivity index (χ4v) is 5.01. The number of rotatable bonds is 4. The number of carbonyl (C=O) groups is 1. The van der Waals surface area contributed by atoms with E-state index in [1.54, 1.807) is 11.3 Å². The molecule has 4 heteroatoms. The molecule has 4 atom stereocenters. The van der Waals surface area contributed by atoms with Gasteiger partial charge >= 0.3 is 0 Å². The number of nitrogens with zero attached hydrogens (tertiary/aromatic N) is 1. The molecule has 0 aromatic carbocycles. The molecule has 0 unspecified atom stereocenters. The van der Waals surface area contributed by atoms with Crippen molar-refractivity contribution in [2.45, 2.75) is 58.9 Å². The van der Waals surface area contributed by atoms with Gasteiger partial charge in [-0.25, -0.2) is 4.98 Å². The van der Waals surface area contributed by atoms with E-state index >= 15 is 0 Å². The summed E-state index contributed by atoms with van der Waals surface area (Å²) < 4.78 is 0. The summed E-state index contributed by atoms with van der Waals surface area (Å²) in [5.74, 6) is 2.55. The molecule has 1 amide bonds. The van der Waals surface area contributed by atoms with Crippen LogP contribution >= 0.6 is 11.3 Å². The van der Waals surface area contributed by atoms with Gasteiger partial charge in [0.15, 0.2) is 0 Å². The molecule has 20 heavy (non-hydrogen) atoms. The molecule has 2 saturated carbocycles. The number of nitrogens with one attached hydrogen (secondary N) is 1. The van der Waals surface area contributed by atoms with E-state index in [0.29, 0.717) is 12.0 Å². The Kier molecular flexibility index (Phi) is 3.85. The van der Waals surface area contributed by atoms with Crippen molar-refractivity contribution < 1.29 is 4.79 Å². The van der Waals surface area contributed by atoms with Gasteiger partial charge in [-0.3, -0.25) is 4.79 Å². The SMILES string of the molecule is CCc1nc(C)c(C(=O)N[C@H](C)[C@H]2C[C@H]3CC[C@H]2C3)s1. The molecular formula is C16H24N2OS. The van der Waals surface area contributed by atoms with Gasteiger partial charge in [0.2, 0.25) is 0 Å². The van der Waals surface area contributed by atoms with Crippen LogP contribution in [0.2, 0.25) is 0 Å². The highest BCUT2D eigenvalue weighted by Crippen LogP contribution is 2.49. The first kappa shape index (κ1) is 14.1. The molecule has 3 nitrogen and oxygen atoms in total. The van der Waals surface area contributed by atoms with Crippen LogP contribution in [0.1, 0.15) is 59.9 Å². The molecule has 0 spiro atoms. The van der Waals surface area contributed by atoms with Crippen molar-refractivity contribution in [3.63, 3.8) is 0 Å². The lowest BCUT2D eigenvalue weighted by atomic mass is 9.84. The summed E-state index contributed by atoms with van der Waals surface area (Å²) >= 11 is 1.54. The van der Waals surface area contributed by atoms with Crippen LogP contribution < -0.4 is 5.32 Å². The predicted octanol–water partition coefficient (Wildman–Crippen LogP) is 3.57. The standard InChI is InChI=1S/C16H24N2OS/c1-4-14-17-10(3)15(20-14)16(19)18-9(2)13-8-11-5-6-12(13)7-11/h9,11-13H,4-8H2,1-3H3,(H,18,19)/t9-,11+,12+,13-/m1/s1. The van der Waals surface area contributed by atoms with Crippen LogP contribution in [0, 0.1) is 24.7 Å². The third kappa shape index (κ3) is 2.50. The van der Waals surface area contributed by atoms with Crippen LogP contribution in [-0.2, 0) is 6.42 Å². The van der Waals surface area contributed by atoms with Crippen LogP contribution in [0.5, 0.6) is 0 Å². The highest BCUT2D eigenvalue weighted by Gasteiger charge is 2.42. The Bertz CT molecular complexity index is 511. The normalized spacial score (nSPS) is 29.6. The topological polar surface area (TPSA) is 42.0 Å². The van der Waals surface area contributed by atoms with Crippen LogP contribution in [-0.4, -0.2) is 16.9 Å². The third-order valence-corrected chi connectivity index (χ3v) is 6.44. The van der Waals surface area contributed by atoms with E-state index in [4.69, 9.17) is 0 Å². The molecule has 2 aliphatic rings. The molecule has 2 fully saturated rings. The van der Waals surface area contributed by atoms with E-state index in [2.05, 4.69) is 24.1 Å². The number of hydrogen-bond acceptors (Lipinski definition) is 3. The number of hydrogen-bond donors (Lipinski definition) is 1. The summed E-state index contributed by atoms with van der Waals surface area (Å²) in [6.07, 6.45) is 6.39. The van der Waals surface area contributed by atoms with Crippen LogP contribution in [0.15, 0.2) is 0 Å². The molecule has 0 saturated heterocycles. The number of aromatic nitrogens is 1. The van der Waals surface area contributed by atoms with Crippen LogP contribution in [0.3, 0.4) is 0 Å². The van der Waals surface area contributed by atoms with Gasteiger partial charge in [-0.2, -0.15) is 0 Å².